The maximum atomic E-state index is 12.3. The normalized spacial score (nSPS) is 21.9. The van der Waals surface area contributed by atoms with E-state index in [2.05, 4.69) is 0 Å². The minimum absolute atomic E-state index is 0.0203. The minimum Gasteiger partial charge on any atom is -0.376 e. The van der Waals surface area contributed by atoms with Crippen LogP contribution in [0.5, 0.6) is 0 Å². The predicted molar refractivity (Wildman–Crippen MR) is 91.2 cm³/mol. The molecule has 1 heterocycles. The molecule has 0 aromatic heterocycles. The molecule has 0 aromatic carbocycles. The Bertz CT molecular complexity index is 435. The van der Waals surface area contributed by atoms with Crippen molar-refractivity contribution < 1.29 is 14.3 Å². The van der Waals surface area contributed by atoms with E-state index < -0.39 is 5.60 Å². The van der Waals surface area contributed by atoms with Gasteiger partial charge < -0.3 is 19.4 Å². The molecule has 0 saturated carbocycles. The lowest BCUT2D eigenvalue weighted by molar-refractivity contribution is -0.138. The number of likely N-dealkylation sites (N-methyl/N-ethyl adjacent to an activating group) is 1. The third-order valence-electron chi connectivity index (χ3n) is 4.31. The predicted octanol–water partition coefficient (Wildman–Crippen LogP) is 0.980. The molecule has 0 aromatic rings. The summed E-state index contributed by atoms with van der Waals surface area (Å²) in [5.41, 5.74) is -0.408. The largest absolute Gasteiger partial charge is 0.376 e. The van der Waals surface area contributed by atoms with Gasteiger partial charge >= 0.3 is 0 Å². The number of ether oxygens (including phenoxy) is 1. The Morgan fingerprint density at radius 3 is 2.52 bits per heavy atom. The van der Waals surface area contributed by atoms with Crippen molar-refractivity contribution >= 4 is 11.8 Å². The summed E-state index contributed by atoms with van der Waals surface area (Å²) in [6, 6.07) is 0. The number of carbonyl (C=O) groups is 2. The van der Waals surface area contributed by atoms with Crippen molar-refractivity contribution in [2.24, 2.45) is 0 Å². The van der Waals surface area contributed by atoms with Crippen LogP contribution in [-0.4, -0.2) is 87.0 Å². The molecule has 1 aliphatic rings. The molecule has 1 fully saturated rings. The van der Waals surface area contributed by atoms with Crippen molar-refractivity contribution in [2.75, 3.05) is 54.9 Å². The highest BCUT2D eigenvalue weighted by atomic mass is 16.5. The van der Waals surface area contributed by atoms with E-state index in [-0.39, 0.29) is 11.8 Å². The van der Waals surface area contributed by atoms with Crippen LogP contribution in [-0.2, 0) is 14.3 Å². The molecule has 6 nitrogen and oxygen atoms in total. The molecular formula is C17H31N3O3. The maximum absolute atomic E-state index is 12.3. The summed E-state index contributed by atoms with van der Waals surface area (Å²) in [7, 11) is 9.12. The van der Waals surface area contributed by atoms with Crippen LogP contribution >= 0.6 is 0 Å². The Hall–Kier alpha value is -1.40. The van der Waals surface area contributed by atoms with Gasteiger partial charge in [-0.3, -0.25) is 9.59 Å². The number of amides is 2. The molecule has 1 aliphatic heterocycles. The molecule has 0 N–H and O–H groups in total. The zero-order valence-corrected chi connectivity index (χ0v) is 15.2. The van der Waals surface area contributed by atoms with E-state index in [9.17, 15) is 9.59 Å². The second-order valence-corrected chi connectivity index (χ2v) is 6.70. The fraction of sp³-hybridized carbons (Fsp3) is 0.765. The lowest BCUT2D eigenvalue weighted by Crippen LogP contribution is -2.51. The number of nitrogens with zero attached hydrogens (tertiary/aromatic N) is 3. The molecule has 0 radical (unpaired) electrons. The molecule has 1 rings (SSSR count). The zero-order chi connectivity index (χ0) is 17.5. The third-order valence-corrected chi connectivity index (χ3v) is 4.31. The van der Waals surface area contributed by atoms with Crippen LogP contribution in [0.1, 0.15) is 25.7 Å². The van der Waals surface area contributed by atoms with E-state index in [0.717, 1.165) is 25.9 Å². The van der Waals surface area contributed by atoms with Gasteiger partial charge in [0.1, 0.15) is 0 Å². The Morgan fingerprint density at radius 2 is 1.96 bits per heavy atom. The quantitative estimate of drug-likeness (QED) is 0.655. The van der Waals surface area contributed by atoms with Gasteiger partial charge in [0, 0.05) is 53.3 Å². The van der Waals surface area contributed by atoms with Crippen LogP contribution in [0.4, 0.5) is 0 Å². The number of carbonyl (C=O) groups excluding carboxylic acids is 2. The molecule has 23 heavy (non-hydrogen) atoms. The van der Waals surface area contributed by atoms with Crippen molar-refractivity contribution in [1.29, 1.82) is 0 Å². The number of hydrogen-bond donors (Lipinski definition) is 0. The molecule has 0 aliphatic carbocycles. The van der Waals surface area contributed by atoms with Crippen molar-refractivity contribution in [3.63, 3.8) is 0 Å². The molecule has 2 amide bonds. The summed E-state index contributed by atoms with van der Waals surface area (Å²) < 4.78 is 5.74. The summed E-state index contributed by atoms with van der Waals surface area (Å²) in [5.74, 6) is 0.114. The number of piperidine rings is 1. The van der Waals surface area contributed by atoms with Gasteiger partial charge in [-0.2, -0.15) is 0 Å². The Kier molecular flexibility index (Phi) is 7.72. The van der Waals surface area contributed by atoms with Gasteiger partial charge in [-0.05, 0) is 33.4 Å². The van der Waals surface area contributed by atoms with Crippen LogP contribution in [0.2, 0.25) is 0 Å². The number of hydrogen-bond acceptors (Lipinski definition) is 4. The van der Waals surface area contributed by atoms with E-state index in [1.54, 1.807) is 32.2 Å². The van der Waals surface area contributed by atoms with E-state index in [1.807, 2.05) is 30.0 Å². The van der Waals surface area contributed by atoms with Gasteiger partial charge in [0.25, 0.3) is 0 Å². The topological polar surface area (TPSA) is 53.1 Å². The lowest BCUT2D eigenvalue weighted by Gasteiger charge is -2.41. The first-order valence-corrected chi connectivity index (χ1v) is 8.15. The number of methoxy groups -OCH3 is 1. The Balaban J connectivity index is 2.64. The van der Waals surface area contributed by atoms with Crippen LogP contribution in [0.3, 0.4) is 0 Å². The first-order valence-electron chi connectivity index (χ1n) is 8.15. The average molecular weight is 325 g/mol. The van der Waals surface area contributed by atoms with Gasteiger partial charge in [0.05, 0.1) is 5.60 Å². The van der Waals surface area contributed by atoms with Crippen molar-refractivity contribution in [3.05, 3.63) is 12.2 Å². The van der Waals surface area contributed by atoms with Gasteiger partial charge in [-0.1, -0.05) is 6.08 Å². The maximum Gasteiger partial charge on any atom is 0.246 e. The summed E-state index contributed by atoms with van der Waals surface area (Å²) in [5, 5.41) is 0. The second-order valence-electron chi connectivity index (χ2n) is 6.70. The Morgan fingerprint density at radius 1 is 1.26 bits per heavy atom. The summed E-state index contributed by atoms with van der Waals surface area (Å²) in [6.07, 6.45) is 6.38. The monoisotopic (exact) mass is 325 g/mol. The smallest absolute Gasteiger partial charge is 0.246 e. The van der Waals surface area contributed by atoms with Crippen molar-refractivity contribution in [1.82, 2.24) is 14.7 Å². The number of rotatable bonds is 7. The molecular weight excluding hydrogens is 294 g/mol. The molecule has 0 bridgehead atoms. The number of likely N-dealkylation sites (tertiary alicyclic amines) is 1. The minimum atomic E-state index is -0.408. The average Bonchev–Trinajstić information content (AvgIpc) is 2.52. The molecule has 1 saturated heterocycles. The highest BCUT2D eigenvalue weighted by Gasteiger charge is 2.37. The van der Waals surface area contributed by atoms with Gasteiger partial charge in [-0.25, -0.2) is 0 Å². The van der Waals surface area contributed by atoms with E-state index in [1.165, 1.54) is 0 Å². The van der Waals surface area contributed by atoms with Gasteiger partial charge in [0.15, 0.2) is 0 Å². The highest BCUT2D eigenvalue weighted by molar-refractivity contribution is 5.87. The summed E-state index contributed by atoms with van der Waals surface area (Å²) >= 11 is 0. The molecule has 0 spiro atoms. The van der Waals surface area contributed by atoms with E-state index in [4.69, 9.17) is 4.74 Å². The summed E-state index contributed by atoms with van der Waals surface area (Å²) in [4.78, 5) is 29.6. The Labute approximate surface area is 140 Å². The van der Waals surface area contributed by atoms with Gasteiger partial charge in [0.2, 0.25) is 11.8 Å². The molecule has 0 unspecified atom stereocenters. The fourth-order valence-electron chi connectivity index (χ4n) is 2.79. The van der Waals surface area contributed by atoms with E-state index in [0.29, 0.717) is 19.4 Å². The SMILES string of the molecule is CO[C@]1(CCC(=O)N(C)C)CCCN(C(=O)/C=C/CN(C)C)C1. The molecule has 1 atom stereocenters. The van der Waals surface area contributed by atoms with Crippen LogP contribution in [0.25, 0.3) is 0 Å². The first-order chi connectivity index (χ1) is 10.8. The van der Waals surface area contributed by atoms with Crippen LogP contribution < -0.4 is 0 Å². The van der Waals surface area contributed by atoms with Crippen molar-refractivity contribution in [3.8, 4) is 0 Å². The second kappa shape index (κ2) is 9.03. The van der Waals surface area contributed by atoms with Gasteiger partial charge in [-0.15, -0.1) is 0 Å². The van der Waals surface area contributed by atoms with Crippen LogP contribution in [0.15, 0.2) is 12.2 Å². The third kappa shape index (κ3) is 6.31. The molecule has 132 valence electrons. The van der Waals surface area contributed by atoms with E-state index >= 15 is 0 Å². The standard InChI is InChI=1S/C17H31N3O3/c1-18(2)12-6-8-16(22)20-13-7-10-17(14-20,23-5)11-9-15(21)19(3)4/h6,8H,7,9-14H2,1-5H3/b8-6+/t17-/m0/s1. The lowest BCUT2D eigenvalue weighted by atomic mass is 9.87. The molecule has 6 heteroatoms. The summed E-state index contributed by atoms with van der Waals surface area (Å²) in [6.45, 7) is 2.04. The zero-order valence-electron chi connectivity index (χ0n) is 15.2. The van der Waals surface area contributed by atoms with Crippen LogP contribution in [0, 0.1) is 0 Å². The van der Waals surface area contributed by atoms with Crippen molar-refractivity contribution in [2.45, 2.75) is 31.3 Å². The fourth-order valence-corrected chi connectivity index (χ4v) is 2.79. The highest BCUT2D eigenvalue weighted by Crippen LogP contribution is 2.29. The first kappa shape index (κ1) is 19.6.